The molecular weight excluding hydrogens is 857 g/mol. The molecule has 4 nitrogen and oxygen atoms in total. The molecule has 0 saturated heterocycles. The van der Waals surface area contributed by atoms with Crippen LogP contribution in [0.1, 0.15) is 25.0 Å². The first-order valence-corrected chi connectivity index (χ1v) is 22.8. The van der Waals surface area contributed by atoms with Gasteiger partial charge in [-0.05, 0) is 133 Å². The van der Waals surface area contributed by atoms with E-state index in [-0.39, 0.29) is 5.41 Å². The minimum Gasteiger partial charge on any atom is -0.278 e. The van der Waals surface area contributed by atoms with Gasteiger partial charge in [-0.15, -0.1) is 0 Å². The lowest BCUT2D eigenvalue weighted by atomic mass is 9.82. The molecule has 9 aromatic carbocycles. The highest BCUT2D eigenvalue weighted by Crippen LogP contribution is 2.51. The lowest BCUT2D eigenvalue weighted by Gasteiger charge is -2.21. The number of benzene rings is 9. The summed E-state index contributed by atoms with van der Waals surface area (Å²) >= 11 is 3.83. The maximum atomic E-state index is 5.52. The van der Waals surface area contributed by atoms with Crippen LogP contribution >= 0.6 is 15.9 Å². The maximum absolute atomic E-state index is 5.52. The summed E-state index contributed by atoms with van der Waals surface area (Å²) in [5, 5.41) is 2.27. The summed E-state index contributed by atoms with van der Waals surface area (Å²) in [7, 11) is 0. The van der Waals surface area contributed by atoms with Crippen LogP contribution in [-0.2, 0) is 5.41 Å². The number of fused-ring (bicyclic) bond motifs is 6. The van der Waals surface area contributed by atoms with Gasteiger partial charge in [-0.25, -0.2) is 4.98 Å². The molecule has 308 valence electrons. The second-order valence-corrected chi connectivity index (χ2v) is 18.3. The Balaban J connectivity index is 1.17. The van der Waals surface area contributed by atoms with Gasteiger partial charge >= 0.3 is 0 Å². The number of hydrogen-bond donors (Lipinski definition) is 0. The third kappa shape index (κ3) is 6.79. The van der Waals surface area contributed by atoms with Crippen molar-refractivity contribution in [2.75, 3.05) is 0 Å². The Morgan fingerprint density at radius 2 is 0.785 bits per heavy atom. The third-order valence-electron chi connectivity index (χ3n) is 13.1. The van der Waals surface area contributed by atoms with Gasteiger partial charge in [-0.1, -0.05) is 175 Å². The van der Waals surface area contributed by atoms with Gasteiger partial charge in [0.15, 0.2) is 11.6 Å². The summed E-state index contributed by atoms with van der Waals surface area (Å²) in [5.41, 5.74) is 17.7. The predicted octanol–water partition coefficient (Wildman–Crippen LogP) is 16.0. The van der Waals surface area contributed by atoms with E-state index in [4.69, 9.17) is 15.0 Å². The highest BCUT2D eigenvalue weighted by Gasteiger charge is 2.36. The molecule has 1 aliphatic carbocycles. The second kappa shape index (κ2) is 15.5. The van der Waals surface area contributed by atoms with Crippen LogP contribution in [0.2, 0.25) is 0 Å². The number of aromatic nitrogens is 4. The van der Waals surface area contributed by atoms with Gasteiger partial charge in [-0.3, -0.25) is 4.57 Å². The van der Waals surface area contributed by atoms with Crippen LogP contribution in [0.4, 0.5) is 0 Å². The second-order valence-electron chi connectivity index (χ2n) is 17.4. The Labute approximate surface area is 386 Å². The third-order valence-corrected chi connectivity index (χ3v) is 13.6. The molecule has 5 heteroatoms. The Morgan fingerprint density at radius 1 is 0.354 bits per heavy atom. The number of hydrogen-bond acceptors (Lipinski definition) is 3. The fourth-order valence-corrected chi connectivity index (χ4v) is 10.2. The van der Waals surface area contributed by atoms with Crippen LogP contribution in [0.15, 0.2) is 217 Å². The molecule has 2 heterocycles. The van der Waals surface area contributed by atoms with Crippen molar-refractivity contribution in [3.63, 3.8) is 0 Å². The summed E-state index contributed by atoms with van der Waals surface area (Å²) in [5.74, 6) is 1.73. The number of rotatable bonds is 7. The molecule has 0 atom stereocenters. The predicted molar refractivity (Wildman–Crippen MR) is 272 cm³/mol. The Hall–Kier alpha value is -7.73. The van der Waals surface area contributed by atoms with E-state index in [2.05, 4.69) is 247 Å². The van der Waals surface area contributed by atoms with Gasteiger partial charge in [0.1, 0.15) is 0 Å². The minimum atomic E-state index is -0.200. The standard InChI is InChI=1S/C60H41BrN4/c1-60(2)53-26-16-15-25-49(53)50-36-52-51-35-48(61)27-28-55(51)65(56(52)37-54(50)60)59-63-57(46-31-42(38-17-7-3-8-18-38)29-43(32-46)39-19-9-4-10-20-39)62-58(64-59)47-33-44(40-21-11-5-12-22-40)30-45(34-47)41-23-13-6-14-24-41/h3-37H,1-2H3. The summed E-state index contributed by atoms with van der Waals surface area (Å²) < 4.78 is 3.27. The van der Waals surface area contributed by atoms with Crippen LogP contribution < -0.4 is 0 Å². The first-order valence-electron chi connectivity index (χ1n) is 22.0. The van der Waals surface area contributed by atoms with Crippen molar-refractivity contribution in [2.24, 2.45) is 0 Å². The monoisotopic (exact) mass is 896 g/mol. The molecule has 12 rings (SSSR count). The highest BCUT2D eigenvalue weighted by molar-refractivity contribution is 9.10. The van der Waals surface area contributed by atoms with E-state index in [1.165, 1.54) is 22.3 Å². The van der Waals surface area contributed by atoms with E-state index in [1.807, 2.05) is 0 Å². The molecular formula is C60H41BrN4. The minimum absolute atomic E-state index is 0.200. The fourth-order valence-electron chi connectivity index (χ4n) is 9.83. The SMILES string of the molecule is CC1(C)c2ccccc2-c2cc3c4cc(Br)ccc4n(-c4nc(-c5cc(-c6ccccc6)cc(-c6ccccc6)c5)nc(-c5cc(-c6ccccc6)cc(-c6ccccc6)c5)n4)c3cc21. The molecule has 0 amide bonds. The lowest BCUT2D eigenvalue weighted by Crippen LogP contribution is -2.15. The number of halogens is 1. The van der Waals surface area contributed by atoms with Crippen LogP contribution in [-0.4, -0.2) is 19.5 Å². The first-order chi connectivity index (χ1) is 31.9. The maximum Gasteiger partial charge on any atom is 0.238 e. The quantitative estimate of drug-likeness (QED) is 0.160. The van der Waals surface area contributed by atoms with Crippen molar-refractivity contribution in [3.05, 3.63) is 228 Å². The van der Waals surface area contributed by atoms with E-state index in [9.17, 15) is 0 Å². The number of nitrogens with zero attached hydrogens (tertiary/aromatic N) is 4. The first kappa shape index (κ1) is 38.9. The van der Waals surface area contributed by atoms with Crippen molar-refractivity contribution in [1.82, 2.24) is 19.5 Å². The average molecular weight is 898 g/mol. The molecule has 0 N–H and O–H groups in total. The molecule has 0 radical (unpaired) electrons. The van der Waals surface area contributed by atoms with Crippen molar-refractivity contribution >= 4 is 37.7 Å². The van der Waals surface area contributed by atoms with Gasteiger partial charge in [0, 0.05) is 31.8 Å². The zero-order valence-corrected chi connectivity index (χ0v) is 37.5. The van der Waals surface area contributed by atoms with Crippen molar-refractivity contribution < 1.29 is 0 Å². The van der Waals surface area contributed by atoms with Gasteiger partial charge < -0.3 is 0 Å². The largest absolute Gasteiger partial charge is 0.278 e. The highest BCUT2D eigenvalue weighted by atomic mass is 79.9. The summed E-state index contributed by atoms with van der Waals surface area (Å²) in [6.45, 7) is 4.67. The molecule has 0 aliphatic heterocycles. The van der Waals surface area contributed by atoms with Gasteiger partial charge in [0.25, 0.3) is 0 Å². The Bertz CT molecular complexity index is 3360. The molecule has 0 saturated carbocycles. The van der Waals surface area contributed by atoms with E-state index < -0.39 is 0 Å². The smallest absolute Gasteiger partial charge is 0.238 e. The molecule has 1 aliphatic rings. The van der Waals surface area contributed by atoms with E-state index in [0.29, 0.717) is 17.6 Å². The summed E-state index contributed by atoms with van der Waals surface area (Å²) in [6.07, 6.45) is 0. The topological polar surface area (TPSA) is 43.6 Å². The molecule has 11 aromatic rings. The van der Waals surface area contributed by atoms with Gasteiger partial charge in [-0.2, -0.15) is 9.97 Å². The van der Waals surface area contributed by atoms with Crippen molar-refractivity contribution in [1.29, 1.82) is 0 Å². The molecule has 2 aromatic heterocycles. The average Bonchev–Trinajstić information content (AvgIpc) is 3.80. The molecule has 0 fully saturated rings. The summed E-state index contributed by atoms with van der Waals surface area (Å²) in [6, 6.07) is 75.7. The normalized spacial score (nSPS) is 12.7. The summed E-state index contributed by atoms with van der Waals surface area (Å²) in [4.78, 5) is 16.5. The zero-order chi connectivity index (χ0) is 43.6. The van der Waals surface area contributed by atoms with E-state index >= 15 is 0 Å². The van der Waals surface area contributed by atoms with E-state index in [1.54, 1.807) is 0 Å². The Morgan fingerprint density at radius 3 is 1.28 bits per heavy atom. The molecule has 0 unspecified atom stereocenters. The molecule has 0 spiro atoms. The van der Waals surface area contributed by atoms with Crippen LogP contribution in [0.25, 0.3) is 106 Å². The Kier molecular flexibility index (Phi) is 9.28. The van der Waals surface area contributed by atoms with Crippen molar-refractivity contribution in [3.8, 4) is 84.4 Å². The lowest BCUT2D eigenvalue weighted by molar-refractivity contribution is 0.661. The van der Waals surface area contributed by atoms with Gasteiger partial charge in [0.2, 0.25) is 5.95 Å². The zero-order valence-electron chi connectivity index (χ0n) is 35.9. The molecule has 65 heavy (non-hydrogen) atoms. The van der Waals surface area contributed by atoms with Crippen LogP contribution in [0.5, 0.6) is 0 Å². The molecule has 0 bridgehead atoms. The van der Waals surface area contributed by atoms with Gasteiger partial charge in [0.05, 0.1) is 11.0 Å². The van der Waals surface area contributed by atoms with Crippen molar-refractivity contribution in [2.45, 2.75) is 19.3 Å². The van der Waals surface area contributed by atoms with Crippen LogP contribution in [0.3, 0.4) is 0 Å². The fraction of sp³-hybridized carbons (Fsp3) is 0.0500. The van der Waals surface area contributed by atoms with Crippen LogP contribution in [0, 0.1) is 0 Å². The van der Waals surface area contributed by atoms with E-state index in [0.717, 1.165) is 81.9 Å².